The molecule has 0 bridgehead atoms. The van der Waals surface area contributed by atoms with E-state index >= 15 is 0 Å². The monoisotopic (exact) mass is 246 g/mol. The van der Waals surface area contributed by atoms with Crippen LogP contribution in [-0.2, 0) is 11.3 Å². The van der Waals surface area contributed by atoms with Crippen molar-refractivity contribution in [2.75, 3.05) is 20.3 Å². The molecule has 0 amide bonds. The minimum atomic E-state index is 0.352. The van der Waals surface area contributed by atoms with Crippen LogP contribution in [0, 0.1) is 11.3 Å². The van der Waals surface area contributed by atoms with Gasteiger partial charge in [0, 0.05) is 19.7 Å². The first-order valence-corrected chi connectivity index (χ1v) is 6.23. The van der Waals surface area contributed by atoms with Crippen molar-refractivity contribution in [1.82, 2.24) is 5.32 Å². The summed E-state index contributed by atoms with van der Waals surface area (Å²) in [5.41, 5.74) is 1.68. The molecule has 1 aliphatic heterocycles. The molecule has 0 aliphatic carbocycles. The number of methoxy groups -OCH3 is 1. The van der Waals surface area contributed by atoms with Gasteiger partial charge in [-0.3, -0.25) is 0 Å². The van der Waals surface area contributed by atoms with Crippen LogP contribution >= 0.6 is 0 Å². The van der Waals surface area contributed by atoms with Gasteiger partial charge in [-0.2, -0.15) is 5.26 Å². The van der Waals surface area contributed by atoms with Gasteiger partial charge in [-0.1, -0.05) is 6.07 Å². The fourth-order valence-corrected chi connectivity index (χ4v) is 2.12. The first-order chi connectivity index (χ1) is 8.83. The van der Waals surface area contributed by atoms with Gasteiger partial charge in [0.05, 0.1) is 18.8 Å². The molecule has 1 aromatic carbocycles. The van der Waals surface area contributed by atoms with Gasteiger partial charge in [-0.25, -0.2) is 0 Å². The molecule has 4 heteroatoms. The molecule has 1 fully saturated rings. The quantitative estimate of drug-likeness (QED) is 0.861. The Morgan fingerprint density at radius 2 is 2.44 bits per heavy atom. The molecule has 0 spiro atoms. The first-order valence-electron chi connectivity index (χ1n) is 6.23. The summed E-state index contributed by atoms with van der Waals surface area (Å²) in [7, 11) is 1.58. The van der Waals surface area contributed by atoms with Crippen LogP contribution in [0.4, 0.5) is 0 Å². The van der Waals surface area contributed by atoms with Gasteiger partial charge in [0.2, 0.25) is 0 Å². The molecular formula is C14H18N2O2. The van der Waals surface area contributed by atoms with Gasteiger partial charge in [-0.05, 0) is 30.5 Å². The molecule has 1 aliphatic rings. The van der Waals surface area contributed by atoms with Gasteiger partial charge in [-0.15, -0.1) is 0 Å². The number of nitrogens with one attached hydrogen (secondary N) is 1. The normalized spacial score (nSPS) is 18.6. The number of hydrogen-bond donors (Lipinski definition) is 1. The zero-order chi connectivity index (χ0) is 12.8. The van der Waals surface area contributed by atoms with Crippen molar-refractivity contribution in [3.63, 3.8) is 0 Å². The van der Waals surface area contributed by atoms with E-state index in [4.69, 9.17) is 14.7 Å². The topological polar surface area (TPSA) is 54.3 Å². The van der Waals surface area contributed by atoms with Crippen molar-refractivity contribution >= 4 is 0 Å². The average molecular weight is 246 g/mol. The van der Waals surface area contributed by atoms with Crippen molar-refractivity contribution in [1.29, 1.82) is 5.26 Å². The molecule has 0 radical (unpaired) electrons. The summed E-state index contributed by atoms with van der Waals surface area (Å²) >= 11 is 0. The Bertz CT molecular complexity index is 434. The van der Waals surface area contributed by atoms with Crippen LogP contribution in [0.1, 0.15) is 24.0 Å². The Labute approximate surface area is 108 Å². The van der Waals surface area contributed by atoms with E-state index in [2.05, 4.69) is 11.4 Å². The minimum absolute atomic E-state index is 0.352. The van der Waals surface area contributed by atoms with Crippen LogP contribution < -0.4 is 10.1 Å². The summed E-state index contributed by atoms with van der Waals surface area (Å²) in [6.07, 6.45) is 2.66. The molecule has 1 saturated heterocycles. The highest BCUT2D eigenvalue weighted by Gasteiger charge is 2.14. The van der Waals surface area contributed by atoms with Crippen molar-refractivity contribution in [3.05, 3.63) is 29.3 Å². The number of nitriles is 1. The lowest BCUT2D eigenvalue weighted by atomic mass is 10.1. The van der Waals surface area contributed by atoms with E-state index in [1.165, 1.54) is 0 Å². The molecule has 18 heavy (non-hydrogen) atoms. The second-order valence-corrected chi connectivity index (χ2v) is 4.41. The summed E-state index contributed by atoms with van der Waals surface area (Å²) < 4.78 is 10.7. The standard InChI is InChI=1S/C14H18N2O2/c1-17-14-7-11(4-5-12(14)8-15)9-16-10-13-3-2-6-18-13/h4-5,7,13,16H,2-3,6,9-10H2,1H3. The summed E-state index contributed by atoms with van der Waals surface area (Å²) in [5, 5.41) is 12.3. The molecule has 1 aromatic rings. The Hall–Kier alpha value is -1.57. The minimum Gasteiger partial charge on any atom is -0.495 e. The fourth-order valence-electron chi connectivity index (χ4n) is 2.12. The number of rotatable bonds is 5. The van der Waals surface area contributed by atoms with Gasteiger partial charge in [0.25, 0.3) is 0 Å². The van der Waals surface area contributed by atoms with Crippen molar-refractivity contribution in [3.8, 4) is 11.8 Å². The number of ether oxygens (including phenoxy) is 2. The summed E-state index contributed by atoms with van der Waals surface area (Å²) in [5.74, 6) is 0.633. The molecule has 1 heterocycles. The molecular weight excluding hydrogens is 228 g/mol. The molecule has 0 aromatic heterocycles. The van der Waals surface area contributed by atoms with Crippen molar-refractivity contribution < 1.29 is 9.47 Å². The van der Waals surface area contributed by atoms with Crippen LogP contribution in [0.3, 0.4) is 0 Å². The van der Waals surface area contributed by atoms with E-state index in [1.807, 2.05) is 12.1 Å². The highest BCUT2D eigenvalue weighted by Crippen LogP contribution is 2.19. The summed E-state index contributed by atoms with van der Waals surface area (Å²) in [6, 6.07) is 7.75. The van der Waals surface area contributed by atoms with E-state index in [0.717, 1.165) is 38.1 Å². The first kappa shape index (κ1) is 12.9. The molecule has 1 N–H and O–H groups in total. The van der Waals surface area contributed by atoms with Crippen LogP contribution in [0.5, 0.6) is 5.75 Å². The number of benzene rings is 1. The molecule has 1 atom stereocenters. The van der Waals surface area contributed by atoms with E-state index in [9.17, 15) is 0 Å². The highest BCUT2D eigenvalue weighted by molar-refractivity contribution is 5.45. The van der Waals surface area contributed by atoms with Crippen molar-refractivity contribution in [2.45, 2.75) is 25.5 Å². The highest BCUT2D eigenvalue weighted by atomic mass is 16.5. The lowest BCUT2D eigenvalue weighted by molar-refractivity contribution is 0.110. The van der Waals surface area contributed by atoms with Crippen LogP contribution in [0.2, 0.25) is 0 Å². The van der Waals surface area contributed by atoms with Crippen LogP contribution in [0.25, 0.3) is 0 Å². The van der Waals surface area contributed by atoms with E-state index in [1.54, 1.807) is 13.2 Å². The second-order valence-electron chi connectivity index (χ2n) is 4.41. The van der Waals surface area contributed by atoms with Gasteiger partial charge in [0.15, 0.2) is 0 Å². The Morgan fingerprint density at radius 1 is 1.56 bits per heavy atom. The van der Waals surface area contributed by atoms with Crippen molar-refractivity contribution in [2.24, 2.45) is 0 Å². The van der Waals surface area contributed by atoms with Gasteiger partial charge >= 0.3 is 0 Å². The number of hydrogen-bond acceptors (Lipinski definition) is 4. The maximum absolute atomic E-state index is 8.90. The molecule has 2 rings (SSSR count). The fraction of sp³-hybridized carbons (Fsp3) is 0.500. The average Bonchev–Trinajstić information content (AvgIpc) is 2.91. The summed E-state index contributed by atoms with van der Waals surface area (Å²) in [4.78, 5) is 0. The maximum Gasteiger partial charge on any atom is 0.136 e. The predicted octanol–water partition coefficient (Wildman–Crippen LogP) is 1.84. The SMILES string of the molecule is COc1cc(CNCC2CCCO2)ccc1C#N. The maximum atomic E-state index is 8.90. The van der Waals surface area contributed by atoms with Crippen LogP contribution in [-0.4, -0.2) is 26.4 Å². The molecule has 1 unspecified atom stereocenters. The zero-order valence-corrected chi connectivity index (χ0v) is 10.6. The van der Waals surface area contributed by atoms with E-state index in [-0.39, 0.29) is 0 Å². The predicted molar refractivity (Wildman–Crippen MR) is 68.4 cm³/mol. The number of nitrogens with zero attached hydrogens (tertiary/aromatic N) is 1. The second kappa shape index (κ2) is 6.39. The van der Waals surface area contributed by atoms with Gasteiger partial charge < -0.3 is 14.8 Å². The summed E-state index contributed by atoms with van der Waals surface area (Å²) in [6.45, 7) is 2.53. The Morgan fingerprint density at radius 3 is 3.11 bits per heavy atom. The zero-order valence-electron chi connectivity index (χ0n) is 10.6. The molecule has 4 nitrogen and oxygen atoms in total. The molecule has 0 saturated carbocycles. The van der Waals surface area contributed by atoms with Gasteiger partial charge in [0.1, 0.15) is 11.8 Å². The van der Waals surface area contributed by atoms with Crippen LogP contribution in [0.15, 0.2) is 18.2 Å². The third-order valence-corrected chi connectivity index (χ3v) is 3.11. The largest absolute Gasteiger partial charge is 0.495 e. The third-order valence-electron chi connectivity index (χ3n) is 3.11. The Kier molecular flexibility index (Phi) is 4.57. The smallest absolute Gasteiger partial charge is 0.136 e. The molecule has 96 valence electrons. The van der Waals surface area contributed by atoms with E-state index in [0.29, 0.717) is 17.4 Å². The van der Waals surface area contributed by atoms with E-state index < -0.39 is 0 Å². The lowest BCUT2D eigenvalue weighted by Gasteiger charge is -2.11. The third kappa shape index (κ3) is 3.22. The Balaban J connectivity index is 1.87. The lowest BCUT2D eigenvalue weighted by Crippen LogP contribution is -2.25.